The molecule has 0 amide bonds. The molecule has 0 aliphatic carbocycles. The largest absolute Gasteiger partial charge is 0.354 e. The number of guanidine groups is 1. The SMILES string of the molecule is CCCCN=C(NN)NCCN(C)CC. The van der Waals surface area contributed by atoms with Gasteiger partial charge < -0.3 is 10.2 Å². The van der Waals surface area contributed by atoms with Crippen molar-refractivity contribution in [2.45, 2.75) is 26.7 Å². The summed E-state index contributed by atoms with van der Waals surface area (Å²) in [7, 11) is 2.09. The Morgan fingerprint density at radius 3 is 2.67 bits per heavy atom. The summed E-state index contributed by atoms with van der Waals surface area (Å²) in [6.45, 7) is 8.02. The topological polar surface area (TPSA) is 65.7 Å². The number of unbranched alkanes of at least 4 members (excludes halogenated alkanes) is 1. The Balaban J connectivity index is 3.64. The molecule has 0 saturated carbocycles. The second-order valence-electron chi connectivity index (χ2n) is 3.55. The molecule has 90 valence electrons. The van der Waals surface area contributed by atoms with E-state index < -0.39 is 0 Å². The van der Waals surface area contributed by atoms with Gasteiger partial charge in [-0.05, 0) is 20.0 Å². The summed E-state index contributed by atoms with van der Waals surface area (Å²) >= 11 is 0. The number of hydrazine groups is 1. The minimum atomic E-state index is 0.688. The molecule has 0 unspecified atom stereocenters. The van der Waals surface area contributed by atoms with Gasteiger partial charge in [-0.25, -0.2) is 5.84 Å². The summed E-state index contributed by atoms with van der Waals surface area (Å²) < 4.78 is 0. The summed E-state index contributed by atoms with van der Waals surface area (Å²) in [5.41, 5.74) is 2.57. The molecule has 0 aliphatic heterocycles. The third-order valence-corrected chi connectivity index (χ3v) is 2.24. The van der Waals surface area contributed by atoms with Crippen LogP contribution in [0.3, 0.4) is 0 Å². The van der Waals surface area contributed by atoms with Crippen molar-refractivity contribution in [1.29, 1.82) is 0 Å². The first-order valence-electron chi connectivity index (χ1n) is 5.68. The first-order valence-corrected chi connectivity index (χ1v) is 5.68. The van der Waals surface area contributed by atoms with Crippen LogP contribution in [0.5, 0.6) is 0 Å². The Labute approximate surface area is 93.1 Å². The summed E-state index contributed by atoms with van der Waals surface area (Å²) in [6, 6.07) is 0. The van der Waals surface area contributed by atoms with Crippen LogP contribution in [0.25, 0.3) is 0 Å². The van der Waals surface area contributed by atoms with E-state index in [1.54, 1.807) is 0 Å². The van der Waals surface area contributed by atoms with Gasteiger partial charge in [0.2, 0.25) is 5.96 Å². The molecule has 0 atom stereocenters. The molecule has 4 N–H and O–H groups in total. The smallest absolute Gasteiger partial charge is 0.205 e. The number of rotatable bonds is 7. The summed E-state index contributed by atoms with van der Waals surface area (Å²) in [5, 5.41) is 3.17. The van der Waals surface area contributed by atoms with Gasteiger partial charge in [0.05, 0.1) is 0 Å². The van der Waals surface area contributed by atoms with Crippen molar-refractivity contribution >= 4 is 5.96 Å². The lowest BCUT2D eigenvalue weighted by molar-refractivity contribution is 0.357. The van der Waals surface area contributed by atoms with Gasteiger partial charge in [-0.15, -0.1) is 0 Å². The number of nitrogens with one attached hydrogen (secondary N) is 2. The lowest BCUT2D eigenvalue weighted by Crippen LogP contribution is -2.44. The molecular formula is C10H25N5. The van der Waals surface area contributed by atoms with E-state index in [1.165, 1.54) is 0 Å². The molecule has 0 aromatic heterocycles. The van der Waals surface area contributed by atoms with Crippen LogP contribution >= 0.6 is 0 Å². The Bertz CT molecular complexity index is 169. The van der Waals surface area contributed by atoms with Crippen molar-refractivity contribution in [3.05, 3.63) is 0 Å². The van der Waals surface area contributed by atoms with Crippen LogP contribution in [-0.2, 0) is 0 Å². The lowest BCUT2D eigenvalue weighted by atomic mass is 10.3. The van der Waals surface area contributed by atoms with E-state index in [4.69, 9.17) is 5.84 Å². The standard InChI is InChI=1S/C10H25N5/c1-4-6-7-12-10(14-11)13-8-9-15(3)5-2/h4-9,11H2,1-3H3,(H2,12,13,14). The predicted molar refractivity (Wildman–Crippen MR) is 65.7 cm³/mol. The van der Waals surface area contributed by atoms with Gasteiger partial charge >= 0.3 is 0 Å². The van der Waals surface area contributed by atoms with Gasteiger partial charge in [0, 0.05) is 19.6 Å². The van der Waals surface area contributed by atoms with Gasteiger partial charge in [0.15, 0.2) is 0 Å². The van der Waals surface area contributed by atoms with Gasteiger partial charge in [0.25, 0.3) is 0 Å². The number of likely N-dealkylation sites (N-methyl/N-ethyl adjacent to an activating group) is 1. The molecule has 0 aromatic carbocycles. The minimum absolute atomic E-state index is 0.688. The number of hydrogen-bond donors (Lipinski definition) is 3. The highest BCUT2D eigenvalue weighted by Crippen LogP contribution is 1.86. The van der Waals surface area contributed by atoms with E-state index in [9.17, 15) is 0 Å². The molecule has 0 bridgehead atoms. The highest BCUT2D eigenvalue weighted by molar-refractivity contribution is 5.79. The van der Waals surface area contributed by atoms with Crippen LogP contribution in [0, 0.1) is 0 Å². The zero-order valence-corrected chi connectivity index (χ0v) is 10.2. The van der Waals surface area contributed by atoms with Crippen LogP contribution < -0.4 is 16.6 Å². The fraction of sp³-hybridized carbons (Fsp3) is 0.900. The fourth-order valence-electron chi connectivity index (χ4n) is 1.02. The number of hydrogen-bond acceptors (Lipinski definition) is 3. The molecule has 0 radical (unpaired) electrons. The van der Waals surface area contributed by atoms with E-state index in [0.29, 0.717) is 5.96 Å². The van der Waals surface area contributed by atoms with E-state index in [2.05, 4.69) is 41.5 Å². The molecule has 0 aliphatic rings. The highest BCUT2D eigenvalue weighted by Gasteiger charge is 1.96. The maximum absolute atomic E-state index is 5.35. The van der Waals surface area contributed by atoms with Crippen molar-refractivity contribution in [2.75, 3.05) is 33.2 Å². The summed E-state index contributed by atoms with van der Waals surface area (Å²) in [6.07, 6.45) is 2.25. The zero-order valence-electron chi connectivity index (χ0n) is 10.2. The third-order valence-electron chi connectivity index (χ3n) is 2.24. The Morgan fingerprint density at radius 2 is 2.13 bits per heavy atom. The van der Waals surface area contributed by atoms with Crippen molar-refractivity contribution < 1.29 is 0 Å². The Morgan fingerprint density at radius 1 is 1.40 bits per heavy atom. The Hall–Kier alpha value is -0.810. The average molecular weight is 215 g/mol. The normalized spacial score (nSPS) is 11.9. The maximum Gasteiger partial charge on any atom is 0.205 e. The average Bonchev–Trinajstić information content (AvgIpc) is 2.26. The van der Waals surface area contributed by atoms with E-state index >= 15 is 0 Å². The molecule has 0 spiro atoms. The van der Waals surface area contributed by atoms with Gasteiger partial charge in [-0.3, -0.25) is 10.4 Å². The fourth-order valence-corrected chi connectivity index (χ4v) is 1.02. The van der Waals surface area contributed by atoms with E-state index in [-0.39, 0.29) is 0 Å². The van der Waals surface area contributed by atoms with Crippen LogP contribution in [0.1, 0.15) is 26.7 Å². The molecule has 0 aromatic rings. The van der Waals surface area contributed by atoms with Crippen LogP contribution in [-0.4, -0.2) is 44.1 Å². The first-order chi connectivity index (χ1) is 7.24. The van der Waals surface area contributed by atoms with Crippen LogP contribution in [0.2, 0.25) is 0 Å². The van der Waals surface area contributed by atoms with E-state index in [1.807, 2.05) is 0 Å². The quantitative estimate of drug-likeness (QED) is 0.186. The molecular weight excluding hydrogens is 190 g/mol. The molecule has 5 heteroatoms. The van der Waals surface area contributed by atoms with Crippen LogP contribution in [0.15, 0.2) is 4.99 Å². The van der Waals surface area contributed by atoms with Crippen molar-refractivity contribution in [1.82, 2.24) is 15.6 Å². The molecule has 0 fully saturated rings. The minimum Gasteiger partial charge on any atom is -0.354 e. The van der Waals surface area contributed by atoms with Gasteiger partial charge in [-0.2, -0.15) is 0 Å². The Kier molecular flexibility index (Phi) is 9.21. The van der Waals surface area contributed by atoms with E-state index in [0.717, 1.165) is 39.0 Å². The summed E-state index contributed by atoms with van der Waals surface area (Å²) in [4.78, 5) is 6.53. The number of nitrogens with zero attached hydrogens (tertiary/aromatic N) is 2. The highest BCUT2D eigenvalue weighted by atomic mass is 15.3. The molecule has 0 heterocycles. The lowest BCUT2D eigenvalue weighted by Gasteiger charge is -2.15. The van der Waals surface area contributed by atoms with Crippen molar-refractivity contribution in [3.63, 3.8) is 0 Å². The van der Waals surface area contributed by atoms with Gasteiger partial charge in [0.1, 0.15) is 0 Å². The van der Waals surface area contributed by atoms with Crippen LogP contribution in [0.4, 0.5) is 0 Å². The van der Waals surface area contributed by atoms with Crippen molar-refractivity contribution in [2.24, 2.45) is 10.8 Å². The molecule has 0 saturated heterocycles. The first kappa shape index (κ1) is 14.2. The maximum atomic E-state index is 5.35. The molecule has 5 nitrogen and oxygen atoms in total. The molecule has 15 heavy (non-hydrogen) atoms. The zero-order chi connectivity index (χ0) is 11.5. The molecule has 0 rings (SSSR count). The number of nitrogens with two attached hydrogens (primary N) is 1. The monoisotopic (exact) mass is 215 g/mol. The third kappa shape index (κ3) is 8.20. The second-order valence-corrected chi connectivity index (χ2v) is 3.55. The predicted octanol–water partition coefficient (Wildman–Crippen LogP) is 0.147. The van der Waals surface area contributed by atoms with Gasteiger partial charge in [-0.1, -0.05) is 20.3 Å². The second kappa shape index (κ2) is 9.73. The van der Waals surface area contributed by atoms with Crippen molar-refractivity contribution in [3.8, 4) is 0 Å². The number of aliphatic imine (C=N–C) groups is 1. The summed E-state index contributed by atoms with van der Waals surface area (Å²) in [5.74, 6) is 6.04.